The highest BCUT2D eigenvalue weighted by Crippen LogP contribution is 2.27. The predicted octanol–water partition coefficient (Wildman–Crippen LogP) is 4.20. The van der Waals surface area contributed by atoms with E-state index in [2.05, 4.69) is 15.3 Å². The van der Waals surface area contributed by atoms with Gasteiger partial charge >= 0.3 is 0 Å². The Morgan fingerprint density at radius 3 is 2.69 bits per heavy atom. The second-order valence-corrected chi connectivity index (χ2v) is 7.71. The first-order valence-corrected chi connectivity index (χ1v) is 10.5. The summed E-state index contributed by atoms with van der Waals surface area (Å²) in [5.41, 5.74) is 2.00. The van der Waals surface area contributed by atoms with Crippen molar-refractivity contribution in [3.63, 3.8) is 0 Å². The fourth-order valence-corrected chi connectivity index (χ4v) is 3.79. The van der Waals surface area contributed by atoms with E-state index >= 15 is 0 Å². The van der Waals surface area contributed by atoms with Crippen LogP contribution >= 0.6 is 11.6 Å². The van der Waals surface area contributed by atoms with Gasteiger partial charge < -0.3 is 15.0 Å². The second-order valence-electron chi connectivity index (χ2n) is 7.30. The van der Waals surface area contributed by atoms with Crippen molar-refractivity contribution in [1.82, 2.24) is 19.5 Å². The number of benzene rings is 2. The number of nitrogens with zero attached hydrogens (tertiary/aromatic N) is 5. The van der Waals surface area contributed by atoms with E-state index in [-0.39, 0.29) is 17.4 Å². The second kappa shape index (κ2) is 8.68. The third-order valence-electron chi connectivity index (χ3n) is 5.24. The van der Waals surface area contributed by atoms with Crippen LogP contribution in [0, 0.1) is 11.6 Å². The first-order chi connectivity index (χ1) is 15.6. The molecule has 7 nitrogen and oxygen atoms in total. The highest BCUT2D eigenvalue weighted by molar-refractivity contribution is 6.30. The minimum atomic E-state index is -0.481. The molecule has 2 aromatic carbocycles. The van der Waals surface area contributed by atoms with Gasteiger partial charge in [-0.3, -0.25) is 4.57 Å². The molecule has 0 radical (unpaired) electrons. The predicted molar refractivity (Wildman–Crippen MR) is 118 cm³/mol. The molecular formula is C22H19ClF2N6O. The summed E-state index contributed by atoms with van der Waals surface area (Å²) in [6.45, 7) is 2.58. The van der Waals surface area contributed by atoms with Gasteiger partial charge in [0.2, 0.25) is 5.95 Å². The molecule has 0 bridgehead atoms. The van der Waals surface area contributed by atoms with Crippen LogP contribution in [0.5, 0.6) is 0 Å². The molecule has 164 valence electrons. The van der Waals surface area contributed by atoms with Gasteiger partial charge in [0.1, 0.15) is 18.0 Å². The summed E-state index contributed by atoms with van der Waals surface area (Å²) in [5.74, 6) is 0.103. The number of morpholine rings is 1. The Balaban J connectivity index is 1.58. The zero-order valence-electron chi connectivity index (χ0n) is 16.9. The summed E-state index contributed by atoms with van der Waals surface area (Å²) in [6.07, 6.45) is 1.57. The van der Waals surface area contributed by atoms with E-state index in [1.165, 1.54) is 18.2 Å². The molecule has 0 spiro atoms. The number of anilines is 2. The summed E-state index contributed by atoms with van der Waals surface area (Å²) in [4.78, 5) is 15.8. The van der Waals surface area contributed by atoms with E-state index in [1.54, 1.807) is 35.2 Å². The number of nitrogens with one attached hydrogen (secondary N) is 1. The van der Waals surface area contributed by atoms with Crippen LogP contribution in [0.25, 0.3) is 16.9 Å². The monoisotopic (exact) mass is 456 g/mol. The van der Waals surface area contributed by atoms with Crippen molar-refractivity contribution in [3.8, 4) is 5.69 Å². The molecular weight excluding hydrogens is 438 g/mol. The Morgan fingerprint density at radius 1 is 1.06 bits per heavy atom. The molecule has 1 N–H and O–H groups in total. The number of fused-ring (bicyclic) bond motifs is 1. The average Bonchev–Trinajstić information content (AvgIpc) is 3.25. The van der Waals surface area contributed by atoms with Crippen LogP contribution in [0.4, 0.5) is 20.5 Å². The zero-order chi connectivity index (χ0) is 22.1. The summed E-state index contributed by atoms with van der Waals surface area (Å²) >= 11 is 5.91. The van der Waals surface area contributed by atoms with E-state index in [4.69, 9.17) is 21.3 Å². The van der Waals surface area contributed by atoms with Crippen molar-refractivity contribution in [2.45, 2.75) is 6.54 Å². The zero-order valence-corrected chi connectivity index (χ0v) is 17.7. The maximum atomic E-state index is 14.4. The van der Waals surface area contributed by atoms with Crippen molar-refractivity contribution in [3.05, 3.63) is 71.0 Å². The molecule has 32 heavy (non-hydrogen) atoms. The maximum Gasteiger partial charge on any atom is 0.229 e. The minimum absolute atomic E-state index is 0.0570. The van der Waals surface area contributed by atoms with Crippen molar-refractivity contribution in [2.24, 2.45) is 0 Å². The molecule has 1 aliphatic heterocycles. The third kappa shape index (κ3) is 3.96. The van der Waals surface area contributed by atoms with Gasteiger partial charge in [0, 0.05) is 25.2 Å². The van der Waals surface area contributed by atoms with Crippen LogP contribution in [0.1, 0.15) is 5.56 Å². The van der Waals surface area contributed by atoms with Gasteiger partial charge in [-0.05, 0) is 24.3 Å². The lowest BCUT2D eigenvalue weighted by Crippen LogP contribution is -2.37. The molecule has 0 amide bonds. The maximum absolute atomic E-state index is 14.4. The van der Waals surface area contributed by atoms with E-state index in [0.717, 1.165) is 0 Å². The lowest BCUT2D eigenvalue weighted by atomic mass is 10.2. The molecule has 3 heterocycles. The Kier molecular flexibility index (Phi) is 5.59. The number of aromatic nitrogens is 4. The molecule has 4 aromatic rings. The molecule has 1 saturated heterocycles. The summed E-state index contributed by atoms with van der Waals surface area (Å²) < 4.78 is 35.3. The van der Waals surface area contributed by atoms with Gasteiger partial charge in [0.25, 0.3) is 0 Å². The molecule has 0 aliphatic carbocycles. The highest BCUT2D eigenvalue weighted by Gasteiger charge is 2.20. The van der Waals surface area contributed by atoms with Gasteiger partial charge in [-0.1, -0.05) is 29.8 Å². The average molecular weight is 457 g/mol. The number of halogens is 3. The first kappa shape index (κ1) is 20.6. The smallest absolute Gasteiger partial charge is 0.229 e. The van der Waals surface area contributed by atoms with Gasteiger partial charge in [-0.2, -0.15) is 9.97 Å². The molecule has 1 fully saturated rings. The van der Waals surface area contributed by atoms with Crippen LogP contribution < -0.4 is 10.2 Å². The Hall–Kier alpha value is -3.30. The SMILES string of the molecule is Fc1cccc(-n2cnc3c(NCc4cccc(Cl)c4F)nc(N4CCOCC4)nc32)c1. The number of hydrogen-bond donors (Lipinski definition) is 1. The van der Waals surface area contributed by atoms with Crippen molar-refractivity contribution < 1.29 is 13.5 Å². The third-order valence-corrected chi connectivity index (χ3v) is 5.53. The van der Waals surface area contributed by atoms with Crippen molar-refractivity contribution in [1.29, 1.82) is 0 Å². The van der Waals surface area contributed by atoms with E-state index < -0.39 is 5.82 Å². The fraction of sp³-hybridized carbons (Fsp3) is 0.227. The topological polar surface area (TPSA) is 68.1 Å². The normalized spacial score (nSPS) is 14.2. The summed E-state index contributed by atoms with van der Waals surface area (Å²) in [7, 11) is 0. The number of rotatable bonds is 5. The molecule has 5 rings (SSSR count). The summed E-state index contributed by atoms with van der Waals surface area (Å²) in [6, 6.07) is 11.0. The van der Waals surface area contributed by atoms with Crippen molar-refractivity contribution in [2.75, 3.05) is 36.5 Å². The first-order valence-electron chi connectivity index (χ1n) is 10.1. The quantitative estimate of drug-likeness (QED) is 0.485. The largest absolute Gasteiger partial charge is 0.378 e. The van der Waals surface area contributed by atoms with Gasteiger partial charge in [-0.25, -0.2) is 13.8 Å². The molecule has 0 atom stereocenters. The molecule has 2 aromatic heterocycles. The minimum Gasteiger partial charge on any atom is -0.378 e. The lowest BCUT2D eigenvalue weighted by Gasteiger charge is -2.27. The van der Waals surface area contributed by atoms with Crippen LogP contribution in [-0.4, -0.2) is 45.8 Å². The number of hydrogen-bond acceptors (Lipinski definition) is 6. The van der Waals surface area contributed by atoms with Crippen LogP contribution in [0.2, 0.25) is 5.02 Å². The molecule has 0 saturated carbocycles. The lowest BCUT2D eigenvalue weighted by molar-refractivity contribution is 0.122. The molecule has 0 unspecified atom stereocenters. The summed E-state index contributed by atoms with van der Waals surface area (Å²) in [5, 5.41) is 3.23. The van der Waals surface area contributed by atoms with Gasteiger partial charge in [0.05, 0.1) is 23.9 Å². The van der Waals surface area contributed by atoms with Gasteiger partial charge in [0.15, 0.2) is 17.0 Å². The van der Waals surface area contributed by atoms with E-state index in [9.17, 15) is 8.78 Å². The van der Waals surface area contributed by atoms with Crippen LogP contribution in [0.15, 0.2) is 48.8 Å². The van der Waals surface area contributed by atoms with Crippen molar-refractivity contribution >= 4 is 34.5 Å². The number of ether oxygens (including phenoxy) is 1. The highest BCUT2D eigenvalue weighted by atomic mass is 35.5. The van der Waals surface area contributed by atoms with Crippen LogP contribution in [-0.2, 0) is 11.3 Å². The Bertz CT molecular complexity index is 1270. The molecule has 1 aliphatic rings. The fourth-order valence-electron chi connectivity index (χ4n) is 3.60. The number of imidazole rings is 1. The molecule has 10 heteroatoms. The standard InChI is InChI=1S/C22H19ClF2N6O/c23-17-6-1-3-14(18(17)25)12-26-20-19-21(29-22(28-20)30-7-9-32-10-8-30)31(13-27-19)16-5-2-4-15(24)11-16/h1-6,11,13H,7-10,12H2,(H,26,28,29). The Labute approximate surface area is 187 Å². The van der Waals surface area contributed by atoms with Gasteiger partial charge in [-0.15, -0.1) is 0 Å². The Morgan fingerprint density at radius 2 is 1.88 bits per heavy atom. The van der Waals surface area contributed by atoms with E-state index in [0.29, 0.717) is 60.5 Å². The van der Waals surface area contributed by atoms with E-state index in [1.807, 2.05) is 4.90 Å². The van der Waals surface area contributed by atoms with Crippen LogP contribution in [0.3, 0.4) is 0 Å².